The summed E-state index contributed by atoms with van der Waals surface area (Å²) in [5.41, 5.74) is 1.24. The highest BCUT2D eigenvalue weighted by molar-refractivity contribution is 5.95. The van der Waals surface area contributed by atoms with E-state index in [9.17, 15) is 9.59 Å². The zero-order chi connectivity index (χ0) is 19.5. The van der Waals surface area contributed by atoms with E-state index in [2.05, 4.69) is 20.4 Å². The number of hydrogen-bond donors (Lipinski definition) is 1. The van der Waals surface area contributed by atoms with Gasteiger partial charge in [-0.05, 0) is 31.9 Å². The average molecular weight is 379 g/mol. The molecule has 3 aromatic rings. The highest BCUT2D eigenvalue weighted by Crippen LogP contribution is 2.20. The van der Waals surface area contributed by atoms with Crippen LogP contribution in [0.2, 0.25) is 0 Å². The van der Waals surface area contributed by atoms with E-state index in [1.54, 1.807) is 17.9 Å². The number of para-hydroxylation sites is 1. The maximum Gasteiger partial charge on any atom is 0.272 e. The van der Waals surface area contributed by atoms with Crippen LogP contribution in [0, 0.1) is 12.8 Å². The standard InChI is InChI=1S/C20H21N5O3/c1-13-22-18(28-24-13)12-21-19(26)15-8-10-25(11-9-15)20(27)17-7-6-14-4-2-3-5-16(14)23-17/h2-7,15H,8-12H2,1H3,(H,21,26). The van der Waals surface area contributed by atoms with E-state index < -0.39 is 0 Å². The number of benzene rings is 1. The van der Waals surface area contributed by atoms with E-state index in [4.69, 9.17) is 4.52 Å². The molecular formula is C20H21N5O3. The van der Waals surface area contributed by atoms with Gasteiger partial charge in [-0.15, -0.1) is 0 Å². The van der Waals surface area contributed by atoms with Gasteiger partial charge in [0, 0.05) is 24.4 Å². The number of hydrogen-bond acceptors (Lipinski definition) is 6. The molecule has 0 aliphatic carbocycles. The number of aromatic nitrogens is 3. The first kappa shape index (κ1) is 18.1. The van der Waals surface area contributed by atoms with Crippen molar-refractivity contribution in [2.75, 3.05) is 13.1 Å². The Labute approximate surface area is 161 Å². The summed E-state index contributed by atoms with van der Waals surface area (Å²) < 4.78 is 4.99. The third-order valence-electron chi connectivity index (χ3n) is 4.95. The molecule has 8 nitrogen and oxygen atoms in total. The number of nitrogens with zero attached hydrogens (tertiary/aromatic N) is 4. The van der Waals surface area contributed by atoms with E-state index in [0.29, 0.717) is 43.3 Å². The van der Waals surface area contributed by atoms with Gasteiger partial charge in [0.15, 0.2) is 5.82 Å². The highest BCUT2D eigenvalue weighted by atomic mass is 16.5. The van der Waals surface area contributed by atoms with Gasteiger partial charge in [0.05, 0.1) is 12.1 Å². The fraction of sp³-hybridized carbons (Fsp3) is 0.350. The number of aryl methyl sites for hydroxylation is 1. The molecule has 0 radical (unpaired) electrons. The van der Waals surface area contributed by atoms with Crippen LogP contribution in [0.25, 0.3) is 10.9 Å². The first-order chi connectivity index (χ1) is 13.6. The molecule has 2 amide bonds. The number of piperidine rings is 1. The number of fused-ring (bicyclic) bond motifs is 1. The fourth-order valence-corrected chi connectivity index (χ4v) is 3.41. The minimum absolute atomic E-state index is 0.0493. The number of carbonyl (C=O) groups excluding carboxylic acids is 2. The van der Waals surface area contributed by atoms with Crippen molar-refractivity contribution >= 4 is 22.7 Å². The maximum absolute atomic E-state index is 12.8. The van der Waals surface area contributed by atoms with Crippen molar-refractivity contribution in [2.24, 2.45) is 5.92 Å². The van der Waals surface area contributed by atoms with Gasteiger partial charge in [0.2, 0.25) is 11.8 Å². The van der Waals surface area contributed by atoms with Gasteiger partial charge in [-0.3, -0.25) is 9.59 Å². The SMILES string of the molecule is Cc1noc(CNC(=O)C2CCN(C(=O)c3ccc4ccccc4n3)CC2)n1. The van der Waals surface area contributed by atoms with Crippen LogP contribution in [0.5, 0.6) is 0 Å². The summed E-state index contributed by atoms with van der Waals surface area (Å²) in [6.07, 6.45) is 1.24. The molecule has 28 heavy (non-hydrogen) atoms. The van der Waals surface area contributed by atoms with E-state index in [1.807, 2.05) is 30.3 Å². The first-order valence-electron chi connectivity index (χ1n) is 9.32. The molecular weight excluding hydrogens is 358 g/mol. The number of nitrogens with one attached hydrogen (secondary N) is 1. The fourth-order valence-electron chi connectivity index (χ4n) is 3.41. The summed E-state index contributed by atoms with van der Waals surface area (Å²) in [6.45, 7) is 3.02. The largest absolute Gasteiger partial charge is 0.347 e. The zero-order valence-corrected chi connectivity index (χ0v) is 15.6. The van der Waals surface area contributed by atoms with Crippen molar-refractivity contribution in [3.8, 4) is 0 Å². The molecule has 3 heterocycles. The molecule has 1 saturated heterocycles. The Morgan fingerprint density at radius 3 is 2.68 bits per heavy atom. The van der Waals surface area contributed by atoms with Gasteiger partial charge < -0.3 is 14.7 Å². The van der Waals surface area contributed by atoms with Crippen LogP contribution < -0.4 is 5.32 Å². The summed E-state index contributed by atoms with van der Waals surface area (Å²) in [6, 6.07) is 11.4. The van der Waals surface area contributed by atoms with Gasteiger partial charge in [-0.25, -0.2) is 4.98 Å². The van der Waals surface area contributed by atoms with Gasteiger partial charge in [0.1, 0.15) is 5.69 Å². The average Bonchev–Trinajstić information content (AvgIpc) is 3.16. The summed E-state index contributed by atoms with van der Waals surface area (Å²) >= 11 is 0. The van der Waals surface area contributed by atoms with E-state index in [0.717, 1.165) is 10.9 Å². The van der Waals surface area contributed by atoms with E-state index >= 15 is 0 Å². The van der Waals surface area contributed by atoms with Crippen LogP contribution in [0.15, 0.2) is 40.9 Å². The Kier molecular flexibility index (Phi) is 5.01. The molecule has 4 rings (SSSR count). The molecule has 0 unspecified atom stereocenters. The van der Waals surface area contributed by atoms with Crippen LogP contribution >= 0.6 is 0 Å². The van der Waals surface area contributed by atoms with Crippen molar-refractivity contribution in [3.63, 3.8) is 0 Å². The Hall–Kier alpha value is -3.29. The second-order valence-corrected chi connectivity index (χ2v) is 6.91. The Morgan fingerprint density at radius 1 is 1.14 bits per heavy atom. The Bertz CT molecular complexity index is 1010. The smallest absolute Gasteiger partial charge is 0.272 e. The molecule has 8 heteroatoms. The lowest BCUT2D eigenvalue weighted by molar-refractivity contribution is -0.126. The van der Waals surface area contributed by atoms with Gasteiger partial charge in [-0.1, -0.05) is 29.4 Å². The molecule has 0 atom stereocenters. The van der Waals surface area contributed by atoms with Crippen LogP contribution in [0.1, 0.15) is 35.0 Å². The van der Waals surface area contributed by atoms with Crippen molar-refractivity contribution in [3.05, 3.63) is 53.8 Å². The third kappa shape index (κ3) is 3.85. The normalized spacial score (nSPS) is 15.0. The number of carbonyl (C=O) groups is 2. The van der Waals surface area contributed by atoms with Gasteiger partial charge in [-0.2, -0.15) is 4.98 Å². The second kappa shape index (κ2) is 7.75. The monoisotopic (exact) mass is 379 g/mol. The lowest BCUT2D eigenvalue weighted by Gasteiger charge is -2.31. The molecule has 144 valence electrons. The van der Waals surface area contributed by atoms with Crippen LogP contribution in [0.3, 0.4) is 0 Å². The van der Waals surface area contributed by atoms with E-state index in [1.165, 1.54) is 0 Å². The summed E-state index contributed by atoms with van der Waals surface area (Å²) in [4.78, 5) is 35.4. The summed E-state index contributed by atoms with van der Waals surface area (Å²) in [7, 11) is 0. The molecule has 1 aliphatic rings. The second-order valence-electron chi connectivity index (χ2n) is 6.91. The van der Waals surface area contributed by atoms with Crippen LogP contribution in [0.4, 0.5) is 0 Å². The molecule has 1 aliphatic heterocycles. The quantitative estimate of drug-likeness (QED) is 0.745. The number of rotatable bonds is 4. The molecule has 2 aromatic heterocycles. The lowest BCUT2D eigenvalue weighted by atomic mass is 9.95. The van der Waals surface area contributed by atoms with Crippen molar-refractivity contribution in [2.45, 2.75) is 26.3 Å². The predicted molar refractivity (Wildman–Crippen MR) is 101 cm³/mol. The highest BCUT2D eigenvalue weighted by Gasteiger charge is 2.28. The van der Waals surface area contributed by atoms with Crippen molar-refractivity contribution < 1.29 is 14.1 Å². The summed E-state index contributed by atoms with van der Waals surface area (Å²) in [5.74, 6) is 0.662. The topological polar surface area (TPSA) is 101 Å². The van der Waals surface area contributed by atoms with Crippen LogP contribution in [-0.2, 0) is 11.3 Å². The Balaban J connectivity index is 1.32. The Morgan fingerprint density at radius 2 is 1.93 bits per heavy atom. The van der Waals surface area contributed by atoms with Gasteiger partial charge in [0.25, 0.3) is 5.91 Å². The predicted octanol–water partition coefficient (Wildman–Crippen LogP) is 2.09. The molecule has 1 fully saturated rings. The molecule has 0 spiro atoms. The molecule has 0 saturated carbocycles. The van der Waals surface area contributed by atoms with Crippen molar-refractivity contribution in [1.82, 2.24) is 25.3 Å². The molecule has 0 bridgehead atoms. The minimum Gasteiger partial charge on any atom is -0.347 e. The number of amides is 2. The van der Waals surface area contributed by atoms with Crippen molar-refractivity contribution in [1.29, 1.82) is 0 Å². The number of likely N-dealkylation sites (tertiary alicyclic amines) is 1. The van der Waals surface area contributed by atoms with E-state index in [-0.39, 0.29) is 24.3 Å². The lowest BCUT2D eigenvalue weighted by Crippen LogP contribution is -2.43. The first-order valence-corrected chi connectivity index (χ1v) is 9.32. The number of pyridine rings is 1. The van der Waals surface area contributed by atoms with Gasteiger partial charge >= 0.3 is 0 Å². The summed E-state index contributed by atoms with van der Waals surface area (Å²) in [5, 5.41) is 7.53. The third-order valence-corrected chi connectivity index (χ3v) is 4.95. The molecule has 1 aromatic carbocycles. The zero-order valence-electron chi connectivity index (χ0n) is 15.6. The minimum atomic E-state index is -0.127. The maximum atomic E-state index is 12.8. The van der Waals surface area contributed by atoms with Crippen LogP contribution in [-0.4, -0.2) is 44.9 Å². The molecule has 1 N–H and O–H groups in total.